The maximum absolute atomic E-state index is 11.6. The standard InChI is InChI=1S/C38H50O8/c1-3-35(41)45-21-29(39)19-43-33-12-34(44-20-30(40)22-46-36(42)4-2)32(38-16-26-8-27(17-38)10-28(9-26)18-38)11-31(33)37-13-23-5-24(14-37)7-25(6-23)15-37/h3-4,11-12,23-30,39-40H,1-2,5-10,13-22H2. The topological polar surface area (TPSA) is 112 Å². The fourth-order valence-electron chi connectivity index (χ4n) is 11.5. The fourth-order valence-corrected chi connectivity index (χ4v) is 11.5. The second-order valence-electron chi connectivity index (χ2n) is 15.8. The van der Waals surface area contributed by atoms with Crippen molar-refractivity contribution in [2.45, 2.75) is 100 Å². The van der Waals surface area contributed by atoms with Crippen LogP contribution in [0.5, 0.6) is 11.5 Å². The highest BCUT2D eigenvalue weighted by Gasteiger charge is 2.55. The van der Waals surface area contributed by atoms with E-state index in [1.54, 1.807) is 0 Å². The maximum Gasteiger partial charge on any atom is 0.330 e. The Bertz CT molecular complexity index is 1180. The number of rotatable bonds is 14. The van der Waals surface area contributed by atoms with Crippen molar-refractivity contribution < 1.29 is 38.7 Å². The van der Waals surface area contributed by atoms with Crippen molar-refractivity contribution in [1.29, 1.82) is 0 Å². The van der Waals surface area contributed by atoms with E-state index >= 15 is 0 Å². The van der Waals surface area contributed by atoms with Crippen molar-refractivity contribution in [3.05, 3.63) is 48.6 Å². The van der Waals surface area contributed by atoms with E-state index in [4.69, 9.17) is 18.9 Å². The number of aliphatic hydroxyl groups is 2. The zero-order valence-electron chi connectivity index (χ0n) is 27.0. The van der Waals surface area contributed by atoms with Crippen LogP contribution >= 0.6 is 0 Å². The van der Waals surface area contributed by atoms with Gasteiger partial charge in [0.25, 0.3) is 0 Å². The summed E-state index contributed by atoms with van der Waals surface area (Å²) in [6.07, 6.45) is 15.2. The molecule has 250 valence electrons. The van der Waals surface area contributed by atoms with E-state index in [1.807, 2.05) is 6.07 Å². The summed E-state index contributed by atoms with van der Waals surface area (Å²) in [6, 6.07) is 4.45. The minimum atomic E-state index is -0.998. The summed E-state index contributed by atoms with van der Waals surface area (Å²) in [5.74, 6) is 4.74. The minimum absolute atomic E-state index is 0.0277. The first-order chi connectivity index (χ1) is 22.2. The van der Waals surface area contributed by atoms with Gasteiger partial charge in [0.2, 0.25) is 0 Å². The number of ether oxygens (including phenoxy) is 4. The van der Waals surface area contributed by atoms with E-state index < -0.39 is 24.1 Å². The lowest BCUT2D eigenvalue weighted by Gasteiger charge is -2.58. The molecule has 2 unspecified atom stereocenters. The number of benzene rings is 1. The first-order valence-corrected chi connectivity index (χ1v) is 17.5. The van der Waals surface area contributed by atoms with E-state index in [-0.39, 0.29) is 37.3 Å². The summed E-state index contributed by atoms with van der Waals surface area (Å²) in [7, 11) is 0. The van der Waals surface area contributed by atoms with Crippen molar-refractivity contribution >= 4 is 11.9 Å². The lowest BCUT2D eigenvalue weighted by molar-refractivity contribution is -0.141. The highest BCUT2D eigenvalue weighted by atomic mass is 16.6. The molecule has 0 radical (unpaired) electrons. The Morgan fingerprint density at radius 3 is 1.26 bits per heavy atom. The fraction of sp³-hybridized carbons (Fsp3) is 0.684. The molecule has 8 aliphatic rings. The summed E-state index contributed by atoms with van der Waals surface area (Å²) in [4.78, 5) is 23.2. The predicted octanol–water partition coefficient (Wildman–Crippen LogP) is 5.56. The second kappa shape index (κ2) is 12.6. The number of carbonyl (C=O) groups excluding carboxylic acids is 2. The van der Waals surface area contributed by atoms with E-state index in [0.29, 0.717) is 11.5 Å². The van der Waals surface area contributed by atoms with Gasteiger partial charge < -0.3 is 29.2 Å². The van der Waals surface area contributed by atoms with Crippen LogP contribution in [0.4, 0.5) is 0 Å². The zero-order chi connectivity index (χ0) is 32.1. The quantitative estimate of drug-likeness (QED) is 0.202. The Labute approximate surface area is 272 Å². The molecular weight excluding hydrogens is 584 g/mol. The van der Waals surface area contributed by atoms with E-state index in [0.717, 1.165) is 47.7 Å². The van der Waals surface area contributed by atoms with Crippen molar-refractivity contribution in [3.8, 4) is 11.5 Å². The van der Waals surface area contributed by atoms with Gasteiger partial charge in [-0.3, -0.25) is 0 Å². The van der Waals surface area contributed by atoms with Gasteiger partial charge in [-0.25, -0.2) is 9.59 Å². The number of hydrogen-bond acceptors (Lipinski definition) is 8. The Kier molecular flexibility index (Phi) is 8.73. The summed E-state index contributed by atoms with van der Waals surface area (Å²) >= 11 is 0. The van der Waals surface area contributed by atoms with Crippen LogP contribution < -0.4 is 9.47 Å². The monoisotopic (exact) mass is 634 g/mol. The molecule has 0 spiro atoms. The largest absolute Gasteiger partial charge is 0.490 e. The van der Waals surface area contributed by atoms with Gasteiger partial charge in [-0.05, 0) is 129 Å². The number of hydrogen-bond donors (Lipinski definition) is 2. The Balaban J connectivity index is 1.25. The molecule has 0 heterocycles. The van der Waals surface area contributed by atoms with E-state index in [1.165, 1.54) is 88.2 Å². The van der Waals surface area contributed by atoms with Gasteiger partial charge in [-0.1, -0.05) is 13.2 Å². The Hall–Kier alpha value is -2.84. The molecule has 2 atom stereocenters. The molecule has 46 heavy (non-hydrogen) atoms. The highest BCUT2D eigenvalue weighted by molar-refractivity contribution is 5.81. The van der Waals surface area contributed by atoms with Crippen molar-refractivity contribution in [1.82, 2.24) is 0 Å². The summed E-state index contributed by atoms with van der Waals surface area (Å²) in [5, 5.41) is 21.4. The van der Waals surface area contributed by atoms with Crippen LogP contribution in [0.25, 0.3) is 0 Å². The van der Waals surface area contributed by atoms with E-state index in [2.05, 4.69) is 19.2 Å². The molecule has 8 bridgehead atoms. The van der Waals surface area contributed by atoms with Crippen LogP contribution in [-0.4, -0.2) is 60.8 Å². The molecular formula is C38H50O8. The van der Waals surface area contributed by atoms with E-state index in [9.17, 15) is 19.8 Å². The Morgan fingerprint density at radius 2 is 0.957 bits per heavy atom. The van der Waals surface area contributed by atoms with Crippen LogP contribution in [0.2, 0.25) is 0 Å². The molecule has 1 aromatic carbocycles. The molecule has 8 aliphatic carbocycles. The van der Waals surface area contributed by atoms with Crippen LogP contribution in [0.1, 0.15) is 88.2 Å². The van der Waals surface area contributed by atoms with Crippen LogP contribution in [-0.2, 0) is 29.9 Å². The molecule has 0 aromatic heterocycles. The third kappa shape index (κ3) is 6.24. The maximum atomic E-state index is 11.6. The van der Waals surface area contributed by atoms with Crippen LogP contribution in [0.3, 0.4) is 0 Å². The average molecular weight is 635 g/mol. The van der Waals surface area contributed by atoms with Gasteiger partial charge in [-0.2, -0.15) is 0 Å². The summed E-state index contributed by atoms with van der Waals surface area (Å²) in [5.41, 5.74) is 2.58. The third-order valence-electron chi connectivity index (χ3n) is 12.3. The SMILES string of the molecule is C=CC(=O)OCC(O)COc1cc(OCC(O)COC(=O)C=C)c(C23CC4CC(CC(C4)C2)C3)cc1C12CC3CC(CC(C3)C1)C2. The molecule has 0 aliphatic heterocycles. The Morgan fingerprint density at radius 1 is 0.630 bits per heavy atom. The zero-order valence-corrected chi connectivity index (χ0v) is 27.0. The first-order valence-electron chi connectivity index (χ1n) is 17.5. The van der Waals surface area contributed by atoms with Gasteiger partial charge in [0.1, 0.15) is 50.1 Å². The minimum Gasteiger partial charge on any atom is -0.490 e. The molecule has 8 heteroatoms. The van der Waals surface area contributed by atoms with Gasteiger partial charge in [0.05, 0.1) is 0 Å². The van der Waals surface area contributed by atoms with Crippen LogP contribution in [0.15, 0.2) is 37.4 Å². The van der Waals surface area contributed by atoms with Crippen molar-refractivity contribution in [2.24, 2.45) is 35.5 Å². The number of aliphatic hydroxyl groups excluding tert-OH is 2. The molecule has 2 N–H and O–H groups in total. The van der Waals surface area contributed by atoms with Crippen molar-refractivity contribution in [3.63, 3.8) is 0 Å². The smallest absolute Gasteiger partial charge is 0.330 e. The first kappa shape index (κ1) is 31.7. The third-order valence-corrected chi connectivity index (χ3v) is 12.3. The second-order valence-corrected chi connectivity index (χ2v) is 15.8. The molecule has 0 saturated heterocycles. The molecule has 8 fully saturated rings. The summed E-state index contributed by atoms with van der Waals surface area (Å²) < 4.78 is 23.1. The molecule has 0 amide bonds. The van der Waals surface area contributed by atoms with Gasteiger partial charge in [-0.15, -0.1) is 0 Å². The lowest BCUT2D eigenvalue weighted by Crippen LogP contribution is -2.50. The van der Waals surface area contributed by atoms with Gasteiger partial charge in [0.15, 0.2) is 0 Å². The van der Waals surface area contributed by atoms with Crippen LogP contribution in [0, 0.1) is 35.5 Å². The normalized spacial score (nSPS) is 36.1. The molecule has 8 saturated carbocycles. The number of esters is 2. The summed E-state index contributed by atoms with van der Waals surface area (Å²) in [6.45, 7) is 6.44. The highest BCUT2D eigenvalue weighted by Crippen LogP contribution is 2.65. The number of carbonyl (C=O) groups is 2. The molecule has 8 nitrogen and oxygen atoms in total. The average Bonchev–Trinajstić information content (AvgIpc) is 3.02. The molecule has 1 aromatic rings. The van der Waals surface area contributed by atoms with Crippen molar-refractivity contribution in [2.75, 3.05) is 26.4 Å². The predicted molar refractivity (Wildman–Crippen MR) is 171 cm³/mol. The lowest BCUT2D eigenvalue weighted by atomic mass is 9.46. The van der Waals surface area contributed by atoms with Gasteiger partial charge in [0, 0.05) is 29.3 Å². The van der Waals surface area contributed by atoms with Gasteiger partial charge >= 0.3 is 11.9 Å². The molecule has 9 rings (SSSR count).